The van der Waals surface area contributed by atoms with Gasteiger partial charge in [0, 0.05) is 10.7 Å². The molecule has 0 radical (unpaired) electrons. The summed E-state index contributed by atoms with van der Waals surface area (Å²) in [6, 6.07) is 6.53. The van der Waals surface area contributed by atoms with Crippen molar-refractivity contribution in [1.29, 1.82) is 0 Å². The van der Waals surface area contributed by atoms with Gasteiger partial charge in [-0.2, -0.15) is 0 Å². The fourth-order valence-electron chi connectivity index (χ4n) is 2.54. The Morgan fingerprint density at radius 2 is 2.27 bits per heavy atom. The summed E-state index contributed by atoms with van der Waals surface area (Å²) in [5.74, 6) is 0. The van der Waals surface area contributed by atoms with Crippen LogP contribution in [0, 0.1) is 6.92 Å². The standard InChI is InChI=1S/C12H10N3/c1-8-2-3-9-4-5-15-12-11(9)10(8)6-14(12)7-13-15/h2-5,7H,6H2,1H3/q+1. The summed E-state index contributed by atoms with van der Waals surface area (Å²) < 4.78 is 4.17. The minimum absolute atomic E-state index is 0.964. The molecule has 3 heteroatoms. The van der Waals surface area contributed by atoms with Gasteiger partial charge in [0.15, 0.2) is 0 Å². The highest BCUT2D eigenvalue weighted by Gasteiger charge is 2.25. The van der Waals surface area contributed by atoms with E-state index in [2.05, 4.69) is 34.8 Å². The zero-order valence-electron chi connectivity index (χ0n) is 8.44. The lowest BCUT2D eigenvalue weighted by Gasteiger charge is -2.00. The molecule has 0 N–H and O–H groups in total. The number of aromatic nitrogens is 3. The number of nitrogens with zero attached hydrogens (tertiary/aromatic N) is 3. The van der Waals surface area contributed by atoms with Crippen LogP contribution in [0.25, 0.3) is 16.4 Å². The maximum Gasteiger partial charge on any atom is 0.274 e. The molecule has 1 aliphatic rings. The van der Waals surface area contributed by atoms with E-state index in [-0.39, 0.29) is 0 Å². The lowest BCUT2D eigenvalue weighted by atomic mass is 10.0. The zero-order chi connectivity index (χ0) is 9.99. The van der Waals surface area contributed by atoms with Crippen molar-refractivity contribution in [3.05, 3.63) is 41.9 Å². The lowest BCUT2D eigenvalue weighted by Crippen LogP contribution is -2.29. The van der Waals surface area contributed by atoms with Crippen LogP contribution in [0.1, 0.15) is 11.1 Å². The van der Waals surface area contributed by atoms with Crippen LogP contribution in [0.4, 0.5) is 0 Å². The van der Waals surface area contributed by atoms with Crippen LogP contribution in [-0.4, -0.2) is 9.61 Å². The number of hydrogen-bond donors (Lipinski definition) is 0. The molecule has 4 rings (SSSR count). The maximum atomic E-state index is 4.32. The summed E-state index contributed by atoms with van der Waals surface area (Å²) in [7, 11) is 0. The highest BCUT2D eigenvalue weighted by Crippen LogP contribution is 2.28. The van der Waals surface area contributed by atoms with Crippen molar-refractivity contribution in [1.82, 2.24) is 9.61 Å². The molecule has 0 amide bonds. The normalized spacial score (nSPS) is 13.4. The monoisotopic (exact) mass is 196 g/mol. The second-order valence-corrected chi connectivity index (χ2v) is 4.17. The molecule has 1 aliphatic heterocycles. The van der Waals surface area contributed by atoms with Gasteiger partial charge in [0.05, 0.1) is 11.9 Å². The van der Waals surface area contributed by atoms with Gasteiger partial charge in [0.2, 0.25) is 0 Å². The Hall–Kier alpha value is -1.90. The third-order valence-corrected chi connectivity index (χ3v) is 3.33. The second-order valence-electron chi connectivity index (χ2n) is 4.17. The summed E-state index contributed by atoms with van der Waals surface area (Å²) >= 11 is 0. The Bertz CT molecular complexity index is 710. The molecule has 0 bridgehead atoms. The van der Waals surface area contributed by atoms with Crippen LogP contribution in [0.3, 0.4) is 0 Å². The first-order valence-corrected chi connectivity index (χ1v) is 5.12. The molecular formula is C12H10N3+. The average molecular weight is 196 g/mol. The van der Waals surface area contributed by atoms with Crippen molar-refractivity contribution in [2.75, 3.05) is 0 Å². The van der Waals surface area contributed by atoms with E-state index in [1.807, 2.05) is 17.0 Å². The van der Waals surface area contributed by atoms with Crippen LogP contribution in [-0.2, 0) is 6.54 Å². The summed E-state index contributed by atoms with van der Waals surface area (Å²) in [6.45, 7) is 3.14. The molecule has 0 fully saturated rings. The predicted octanol–water partition coefficient (Wildman–Crippen LogP) is 1.45. The molecule has 0 atom stereocenters. The average Bonchev–Trinajstić information content (AvgIpc) is 2.80. The third kappa shape index (κ3) is 0.731. The molecule has 0 saturated heterocycles. The molecule has 15 heavy (non-hydrogen) atoms. The quantitative estimate of drug-likeness (QED) is 0.390. The third-order valence-electron chi connectivity index (χ3n) is 3.33. The SMILES string of the molecule is Cc1ccc2ccn3nc[n+]4c3c2c1C4. The van der Waals surface area contributed by atoms with E-state index in [1.165, 1.54) is 27.5 Å². The first-order chi connectivity index (χ1) is 7.34. The number of aryl methyl sites for hydroxylation is 1. The molecular weight excluding hydrogens is 186 g/mol. The Kier molecular flexibility index (Phi) is 1.08. The summed E-state index contributed by atoms with van der Waals surface area (Å²) in [5.41, 5.74) is 4.05. The molecule has 72 valence electrons. The second kappa shape index (κ2) is 2.19. The Labute approximate surface area is 86.6 Å². The highest BCUT2D eigenvalue weighted by molar-refractivity contribution is 5.96. The number of benzene rings is 1. The molecule has 0 unspecified atom stereocenters. The van der Waals surface area contributed by atoms with Gasteiger partial charge < -0.3 is 0 Å². The first kappa shape index (κ1) is 7.40. The molecule has 3 nitrogen and oxygen atoms in total. The molecule has 0 saturated carbocycles. The molecule has 1 aromatic carbocycles. The van der Waals surface area contributed by atoms with E-state index in [9.17, 15) is 0 Å². The van der Waals surface area contributed by atoms with Gasteiger partial charge in [-0.3, -0.25) is 0 Å². The van der Waals surface area contributed by atoms with Gasteiger partial charge in [0.25, 0.3) is 12.0 Å². The van der Waals surface area contributed by atoms with E-state index in [0.29, 0.717) is 0 Å². The van der Waals surface area contributed by atoms with Gasteiger partial charge in [-0.1, -0.05) is 16.6 Å². The van der Waals surface area contributed by atoms with E-state index < -0.39 is 0 Å². The maximum absolute atomic E-state index is 4.32. The fourth-order valence-corrected chi connectivity index (χ4v) is 2.54. The molecule has 2 aromatic heterocycles. The number of rotatable bonds is 0. The van der Waals surface area contributed by atoms with E-state index in [4.69, 9.17) is 0 Å². The van der Waals surface area contributed by atoms with Crippen LogP contribution in [0.2, 0.25) is 0 Å². The van der Waals surface area contributed by atoms with Crippen molar-refractivity contribution in [3.63, 3.8) is 0 Å². The van der Waals surface area contributed by atoms with Crippen molar-refractivity contribution in [3.8, 4) is 0 Å². The summed E-state index contributed by atoms with van der Waals surface area (Å²) in [4.78, 5) is 0. The van der Waals surface area contributed by atoms with Gasteiger partial charge >= 0.3 is 0 Å². The summed E-state index contributed by atoms with van der Waals surface area (Å²) in [5, 5.41) is 7.01. The van der Waals surface area contributed by atoms with E-state index >= 15 is 0 Å². The highest BCUT2D eigenvalue weighted by atomic mass is 15.3. The van der Waals surface area contributed by atoms with Crippen molar-refractivity contribution < 1.29 is 4.57 Å². The lowest BCUT2D eigenvalue weighted by molar-refractivity contribution is -0.659. The molecule has 0 aliphatic carbocycles. The first-order valence-electron chi connectivity index (χ1n) is 5.12. The molecule has 3 aromatic rings. The largest absolute Gasteiger partial charge is 0.274 e. The van der Waals surface area contributed by atoms with Gasteiger partial charge in [0.1, 0.15) is 6.20 Å². The smallest absolute Gasteiger partial charge is 0.226 e. The van der Waals surface area contributed by atoms with E-state index in [1.54, 1.807) is 0 Å². The van der Waals surface area contributed by atoms with Crippen LogP contribution < -0.4 is 4.57 Å². The van der Waals surface area contributed by atoms with Crippen molar-refractivity contribution in [2.24, 2.45) is 0 Å². The summed E-state index contributed by atoms with van der Waals surface area (Å²) in [6.07, 6.45) is 3.94. The Morgan fingerprint density at radius 3 is 3.20 bits per heavy atom. The van der Waals surface area contributed by atoms with Crippen LogP contribution in [0.5, 0.6) is 0 Å². The minimum Gasteiger partial charge on any atom is -0.226 e. The van der Waals surface area contributed by atoms with Crippen LogP contribution in [0.15, 0.2) is 30.7 Å². The van der Waals surface area contributed by atoms with Crippen LogP contribution >= 0.6 is 0 Å². The Morgan fingerprint density at radius 1 is 1.33 bits per heavy atom. The molecule has 3 heterocycles. The van der Waals surface area contributed by atoms with Gasteiger partial charge in [-0.05, 0) is 23.9 Å². The van der Waals surface area contributed by atoms with Crippen molar-refractivity contribution >= 4 is 16.4 Å². The molecule has 0 spiro atoms. The zero-order valence-corrected chi connectivity index (χ0v) is 8.44. The van der Waals surface area contributed by atoms with Gasteiger partial charge in [-0.25, -0.2) is 4.57 Å². The van der Waals surface area contributed by atoms with Gasteiger partial charge in [-0.15, -0.1) is 0 Å². The number of pyridine rings is 1. The van der Waals surface area contributed by atoms with E-state index in [0.717, 1.165) is 6.54 Å². The van der Waals surface area contributed by atoms with Crippen molar-refractivity contribution in [2.45, 2.75) is 13.5 Å². The fraction of sp³-hybridized carbons (Fsp3) is 0.167. The minimum atomic E-state index is 0.964. The number of hydrogen-bond acceptors (Lipinski definition) is 1. The predicted molar refractivity (Wildman–Crippen MR) is 56.7 cm³/mol. The topological polar surface area (TPSA) is 21.2 Å². The Balaban J connectivity index is 2.42.